The highest BCUT2D eigenvalue weighted by molar-refractivity contribution is 8.00. The maximum Gasteiger partial charge on any atom is 0.269 e. The highest BCUT2D eigenvalue weighted by atomic mass is 32.2. The van der Waals surface area contributed by atoms with E-state index in [0.29, 0.717) is 4.88 Å². The van der Waals surface area contributed by atoms with Gasteiger partial charge in [-0.2, -0.15) is 0 Å². The second-order valence-corrected chi connectivity index (χ2v) is 7.53. The molecule has 4 nitrogen and oxygen atoms in total. The Labute approximate surface area is 138 Å². The Bertz CT molecular complexity index is 633. The smallest absolute Gasteiger partial charge is 0.269 e. The first-order valence-electron chi connectivity index (χ1n) is 7.65. The summed E-state index contributed by atoms with van der Waals surface area (Å²) in [5, 5.41) is 7.66. The van der Waals surface area contributed by atoms with Crippen molar-refractivity contribution in [3.8, 4) is 0 Å². The minimum absolute atomic E-state index is 0.122. The van der Waals surface area contributed by atoms with Crippen LogP contribution in [0.3, 0.4) is 0 Å². The van der Waals surface area contributed by atoms with E-state index in [9.17, 15) is 4.79 Å². The van der Waals surface area contributed by atoms with Crippen LogP contribution in [0.4, 0.5) is 5.69 Å². The summed E-state index contributed by atoms with van der Waals surface area (Å²) < 4.78 is 3.85. The molecule has 1 N–H and O–H groups in total. The Kier molecular flexibility index (Phi) is 5.10. The lowest BCUT2D eigenvalue weighted by atomic mass is 10.2. The number of hydrogen-bond acceptors (Lipinski definition) is 5. The van der Waals surface area contributed by atoms with Crippen LogP contribution in [0.2, 0.25) is 0 Å². The lowest BCUT2D eigenvalue weighted by Crippen LogP contribution is -2.12. The quantitative estimate of drug-likeness (QED) is 0.882. The monoisotopic (exact) mass is 333 g/mol. The van der Waals surface area contributed by atoms with Crippen molar-refractivity contribution in [2.24, 2.45) is 0 Å². The van der Waals surface area contributed by atoms with Gasteiger partial charge in [0.1, 0.15) is 4.88 Å². The average molecular weight is 333 g/mol. The van der Waals surface area contributed by atoms with E-state index in [1.807, 2.05) is 30.8 Å². The van der Waals surface area contributed by atoms with Crippen molar-refractivity contribution in [3.05, 3.63) is 34.8 Å². The van der Waals surface area contributed by atoms with Gasteiger partial charge in [-0.1, -0.05) is 24.3 Å². The minimum Gasteiger partial charge on any atom is -0.321 e. The van der Waals surface area contributed by atoms with Gasteiger partial charge in [-0.15, -0.1) is 16.9 Å². The molecule has 3 rings (SSSR count). The Hall–Kier alpha value is -1.40. The van der Waals surface area contributed by atoms with Crippen molar-refractivity contribution in [3.63, 3.8) is 0 Å². The molecule has 1 aliphatic carbocycles. The summed E-state index contributed by atoms with van der Waals surface area (Å²) in [6.45, 7) is 1.97. The molecule has 1 aromatic carbocycles. The van der Waals surface area contributed by atoms with Crippen molar-refractivity contribution in [1.82, 2.24) is 9.59 Å². The molecule has 1 saturated carbocycles. The van der Waals surface area contributed by atoms with Crippen molar-refractivity contribution in [2.45, 2.75) is 49.2 Å². The molecule has 1 amide bonds. The van der Waals surface area contributed by atoms with Gasteiger partial charge in [-0.3, -0.25) is 4.79 Å². The second kappa shape index (κ2) is 7.24. The maximum atomic E-state index is 12.2. The van der Waals surface area contributed by atoms with Gasteiger partial charge < -0.3 is 5.32 Å². The molecule has 2 aromatic rings. The van der Waals surface area contributed by atoms with Crippen LogP contribution in [0.1, 0.15) is 48.0 Å². The van der Waals surface area contributed by atoms with Crippen molar-refractivity contribution >= 4 is 34.9 Å². The van der Waals surface area contributed by atoms with Gasteiger partial charge in [0.25, 0.3) is 5.91 Å². The van der Waals surface area contributed by atoms with Gasteiger partial charge in [0.15, 0.2) is 0 Å². The molecule has 0 aliphatic heterocycles. The molecule has 1 aromatic heterocycles. The number of thioether (sulfide) groups is 1. The molecule has 22 heavy (non-hydrogen) atoms. The largest absolute Gasteiger partial charge is 0.321 e. The van der Waals surface area contributed by atoms with Crippen LogP contribution in [0.25, 0.3) is 0 Å². The number of hydrogen-bond donors (Lipinski definition) is 1. The molecular weight excluding hydrogens is 314 g/mol. The topological polar surface area (TPSA) is 54.9 Å². The molecule has 116 valence electrons. The van der Waals surface area contributed by atoms with Gasteiger partial charge in [-0.25, -0.2) is 0 Å². The summed E-state index contributed by atoms with van der Waals surface area (Å²) in [7, 11) is 0. The molecule has 0 saturated heterocycles. The van der Waals surface area contributed by atoms with E-state index in [1.54, 1.807) is 0 Å². The van der Waals surface area contributed by atoms with Crippen LogP contribution in [0.15, 0.2) is 29.2 Å². The molecule has 0 atom stereocenters. The van der Waals surface area contributed by atoms with E-state index >= 15 is 0 Å². The van der Waals surface area contributed by atoms with Gasteiger partial charge >= 0.3 is 0 Å². The van der Waals surface area contributed by atoms with Crippen LogP contribution in [0.5, 0.6) is 0 Å². The fourth-order valence-electron chi connectivity index (χ4n) is 2.62. The molecule has 1 fully saturated rings. The molecule has 1 heterocycles. The van der Waals surface area contributed by atoms with Crippen LogP contribution in [-0.4, -0.2) is 20.7 Å². The molecule has 1 aliphatic rings. The number of nitrogens with one attached hydrogen (secondary N) is 1. The van der Waals surface area contributed by atoms with E-state index in [-0.39, 0.29) is 5.91 Å². The molecule has 0 unspecified atom stereocenters. The van der Waals surface area contributed by atoms with Crippen LogP contribution in [-0.2, 0) is 6.42 Å². The van der Waals surface area contributed by atoms with Crippen molar-refractivity contribution < 1.29 is 4.79 Å². The van der Waals surface area contributed by atoms with Gasteiger partial charge in [-0.05, 0) is 55.1 Å². The number of aryl methyl sites for hydroxylation is 1. The van der Waals surface area contributed by atoms with Gasteiger partial charge in [0.2, 0.25) is 0 Å². The predicted molar refractivity (Wildman–Crippen MR) is 91.8 cm³/mol. The average Bonchev–Trinajstić information content (AvgIpc) is 3.20. The Balaban J connectivity index is 1.62. The number of rotatable bonds is 5. The van der Waals surface area contributed by atoms with Crippen molar-refractivity contribution in [1.29, 1.82) is 0 Å². The van der Waals surface area contributed by atoms with Crippen LogP contribution in [0, 0.1) is 0 Å². The highest BCUT2D eigenvalue weighted by Gasteiger charge is 2.17. The first-order valence-corrected chi connectivity index (χ1v) is 9.31. The number of benzene rings is 1. The number of amides is 1. The zero-order valence-corrected chi connectivity index (χ0v) is 14.2. The Morgan fingerprint density at radius 3 is 2.73 bits per heavy atom. The number of anilines is 1. The SMILES string of the molecule is CCc1nnsc1C(=O)Nc1ccc(SC2CCCC2)cc1. The number of nitrogens with zero attached hydrogens (tertiary/aromatic N) is 2. The lowest BCUT2D eigenvalue weighted by molar-refractivity contribution is 0.102. The summed E-state index contributed by atoms with van der Waals surface area (Å²) in [4.78, 5) is 14.1. The lowest BCUT2D eigenvalue weighted by Gasteiger charge is -2.09. The fourth-order valence-corrected chi connectivity index (χ4v) is 4.51. The van der Waals surface area contributed by atoms with Crippen molar-refractivity contribution in [2.75, 3.05) is 5.32 Å². The molecule has 0 bridgehead atoms. The molecule has 0 spiro atoms. The third kappa shape index (κ3) is 3.67. The number of aromatic nitrogens is 2. The van der Waals surface area contributed by atoms with E-state index in [0.717, 1.165) is 34.6 Å². The van der Waals surface area contributed by atoms with E-state index in [4.69, 9.17) is 0 Å². The number of carbonyl (C=O) groups excluding carboxylic acids is 1. The first-order chi connectivity index (χ1) is 10.8. The maximum absolute atomic E-state index is 12.2. The second-order valence-electron chi connectivity index (χ2n) is 5.41. The van der Waals surface area contributed by atoms with Gasteiger partial charge in [0, 0.05) is 15.8 Å². The Morgan fingerprint density at radius 1 is 1.32 bits per heavy atom. The van der Waals surface area contributed by atoms with Crippen LogP contribution >= 0.6 is 23.3 Å². The normalized spacial score (nSPS) is 15.1. The van der Waals surface area contributed by atoms with E-state index < -0.39 is 0 Å². The summed E-state index contributed by atoms with van der Waals surface area (Å²) in [5.41, 5.74) is 1.58. The highest BCUT2D eigenvalue weighted by Crippen LogP contribution is 2.35. The minimum atomic E-state index is -0.122. The summed E-state index contributed by atoms with van der Waals surface area (Å²) in [6.07, 6.45) is 6.07. The van der Waals surface area contributed by atoms with E-state index in [2.05, 4.69) is 27.0 Å². The third-order valence-electron chi connectivity index (χ3n) is 3.81. The van der Waals surface area contributed by atoms with Crippen LogP contribution < -0.4 is 5.32 Å². The summed E-state index contributed by atoms with van der Waals surface area (Å²) >= 11 is 3.10. The Morgan fingerprint density at radius 2 is 2.05 bits per heavy atom. The first kappa shape index (κ1) is 15.5. The molecular formula is C16H19N3OS2. The number of carbonyl (C=O) groups is 1. The molecule has 6 heteroatoms. The fraction of sp³-hybridized carbons (Fsp3) is 0.438. The summed E-state index contributed by atoms with van der Waals surface area (Å²) in [5.74, 6) is -0.122. The summed E-state index contributed by atoms with van der Waals surface area (Å²) in [6, 6.07) is 8.11. The van der Waals surface area contributed by atoms with Gasteiger partial charge in [0.05, 0.1) is 5.69 Å². The molecule has 0 radical (unpaired) electrons. The third-order valence-corrected chi connectivity index (χ3v) is 5.93. The van der Waals surface area contributed by atoms with E-state index in [1.165, 1.54) is 30.6 Å². The standard InChI is InChI=1S/C16H19N3OS2/c1-2-14-15(22-19-18-14)16(20)17-11-7-9-13(10-8-11)21-12-5-3-4-6-12/h7-10,12H,2-6H2,1H3,(H,17,20). The predicted octanol–water partition coefficient (Wildman–Crippen LogP) is 4.39. The zero-order chi connectivity index (χ0) is 15.4. The zero-order valence-electron chi connectivity index (χ0n) is 12.5.